The minimum atomic E-state index is -4.67. The fourth-order valence-corrected chi connectivity index (χ4v) is 6.14. The van der Waals surface area contributed by atoms with Gasteiger partial charge in [-0.3, -0.25) is 4.90 Å². The molecule has 2 saturated heterocycles. The van der Waals surface area contributed by atoms with Crippen LogP contribution in [0.3, 0.4) is 0 Å². The summed E-state index contributed by atoms with van der Waals surface area (Å²) in [5.41, 5.74) is 1.82. The zero-order valence-electron chi connectivity index (χ0n) is 23.1. The first-order valence-corrected chi connectivity index (χ1v) is 15.4. The highest BCUT2D eigenvalue weighted by molar-refractivity contribution is 7.88. The minimum Gasteiger partial charge on any atom is -0.379 e. The monoisotopic (exact) mass is 593 g/mol. The summed E-state index contributed by atoms with van der Waals surface area (Å²) in [7, 11) is -3.29. The Balaban J connectivity index is 1.36. The van der Waals surface area contributed by atoms with Crippen LogP contribution in [0.4, 0.5) is 19.1 Å². The van der Waals surface area contributed by atoms with Gasteiger partial charge >= 0.3 is 6.18 Å². The molecule has 0 saturated carbocycles. The van der Waals surface area contributed by atoms with Gasteiger partial charge in [-0.15, -0.1) is 0 Å². The van der Waals surface area contributed by atoms with E-state index >= 15 is 0 Å². The first-order valence-electron chi connectivity index (χ1n) is 13.6. The fourth-order valence-electron chi connectivity index (χ4n) is 5.27. The lowest BCUT2D eigenvalue weighted by molar-refractivity contribution is -0.137. The molecule has 2 fully saturated rings. The zero-order valence-corrected chi connectivity index (χ0v) is 23.9. The molecule has 4 heterocycles. The topological polar surface area (TPSA) is 105 Å². The number of sulfonamides is 1. The van der Waals surface area contributed by atoms with Crippen molar-refractivity contribution in [1.29, 1.82) is 0 Å². The Hall–Kier alpha value is -3.07. The molecular formula is C27H34F3N7O3S. The lowest BCUT2D eigenvalue weighted by atomic mass is 10.0. The average molecular weight is 594 g/mol. The lowest BCUT2D eigenvalue weighted by Gasteiger charge is -2.30. The Morgan fingerprint density at radius 1 is 1.10 bits per heavy atom. The Morgan fingerprint density at radius 2 is 1.83 bits per heavy atom. The van der Waals surface area contributed by atoms with Gasteiger partial charge in [0.05, 0.1) is 25.8 Å². The number of ether oxygens (including phenoxy) is 1. The van der Waals surface area contributed by atoms with Gasteiger partial charge in [0.2, 0.25) is 16.0 Å². The summed E-state index contributed by atoms with van der Waals surface area (Å²) in [5.74, 6) is 0.0432. The van der Waals surface area contributed by atoms with Crippen LogP contribution in [0, 0.1) is 6.92 Å². The van der Waals surface area contributed by atoms with Crippen LogP contribution in [0.1, 0.15) is 29.5 Å². The second-order valence-electron chi connectivity index (χ2n) is 10.5. The van der Waals surface area contributed by atoms with Gasteiger partial charge in [0, 0.05) is 56.8 Å². The van der Waals surface area contributed by atoms with Crippen molar-refractivity contribution in [2.24, 2.45) is 0 Å². The van der Waals surface area contributed by atoms with Crippen LogP contribution in [0.25, 0.3) is 17.1 Å². The number of alkyl halides is 3. The molecule has 3 aromatic rings. The van der Waals surface area contributed by atoms with E-state index in [-0.39, 0.29) is 23.4 Å². The van der Waals surface area contributed by atoms with Crippen LogP contribution in [0.5, 0.6) is 0 Å². The highest BCUT2D eigenvalue weighted by Gasteiger charge is 2.36. The molecule has 1 aromatic carbocycles. The summed E-state index contributed by atoms with van der Waals surface area (Å²) >= 11 is 0. The van der Waals surface area contributed by atoms with E-state index in [1.807, 2.05) is 19.1 Å². The molecule has 0 unspecified atom stereocenters. The van der Waals surface area contributed by atoms with Crippen molar-refractivity contribution >= 4 is 16.0 Å². The van der Waals surface area contributed by atoms with E-state index in [0.717, 1.165) is 68.5 Å². The zero-order chi connectivity index (χ0) is 29.2. The van der Waals surface area contributed by atoms with Gasteiger partial charge in [-0.1, -0.05) is 12.1 Å². The Kier molecular flexibility index (Phi) is 8.64. The predicted octanol–water partition coefficient (Wildman–Crippen LogP) is 3.37. The van der Waals surface area contributed by atoms with Crippen molar-refractivity contribution in [3.8, 4) is 17.1 Å². The lowest BCUT2D eigenvalue weighted by Crippen LogP contribution is -2.42. The summed E-state index contributed by atoms with van der Waals surface area (Å²) in [6, 6.07) is 5.76. The molecule has 2 aliphatic rings. The molecule has 0 radical (unpaired) electrons. The van der Waals surface area contributed by atoms with Crippen LogP contribution < -0.4 is 5.32 Å². The van der Waals surface area contributed by atoms with Crippen molar-refractivity contribution in [2.75, 3.05) is 57.5 Å². The van der Waals surface area contributed by atoms with Crippen LogP contribution in [-0.2, 0) is 27.4 Å². The van der Waals surface area contributed by atoms with E-state index in [9.17, 15) is 21.6 Å². The highest BCUT2D eigenvalue weighted by Crippen LogP contribution is 2.36. The largest absolute Gasteiger partial charge is 0.420 e. The molecule has 10 nitrogen and oxygen atoms in total. The summed E-state index contributed by atoms with van der Waals surface area (Å²) in [6.07, 6.45) is 2.14. The number of imidazole rings is 1. The molecular weight excluding hydrogens is 559 g/mol. The quantitative estimate of drug-likeness (QED) is 0.424. The number of hydrogen-bond donors (Lipinski definition) is 1. The average Bonchev–Trinajstić information content (AvgIpc) is 3.42. The predicted molar refractivity (Wildman–Crippen MR) is 148 cm³/mol. The van der Waals surface area contributed by atoms with Gasteiger partial charge in [-0.05, 0) is 43.4 Å². The van der Waals surface area contributed by atoms with Crippen molar-refractivity contribution in [3.63, 3.8) is 0 Å². The first-order chi connectivity index (χ1) is 19.5. The minimum absolute atomic E-state index is 0.0432. The fraction of sp³-hybridized carbons (Fsp3) is 0.519. The van der Waals surface area contributed by atoms with Crippen molar-refractivity contribution in [2.45, 2.75) is 38.4 Å². The summed E-state index contributed by atoms with van der Waals surface area (Å²) in [6.45, 7) is 6.83. The van der Waals surface area contributed by atoms with Crippen LogP contribution >= 0.6 is 0 Å². The first kappa shape index (κ1) is 29.4. The van der Waals surface area contributed by atoms with E-state index in [1.165, 1.54) is 10.6 Å². The Labute approximate surface area is 237 Å². The second kappa shape index (κ2) is 12.0. The van der Waals surface area contributed by atoms with Crippen molar-refractivity contribution in [1.82, 2.24) is 28.7 Å². The van der Waals surface area contributed by atoms with E-state index in [0.29, 0.717) is 25.9 Å². The molecule has 0 amide bonds. The maximum atomic E-state index is 14.0. The van der Waals surface area contributed by atoms with Crippen molar-refractivity contribution < 1.29 is 26.3 Å². The smallest absolute Gasteiger partial charge is 0.379 e. The van der Waals surface area contributed by atoms with Gasteiger partial charge in [-0.2, -0.15) is 13.2 Å². The van der Waals surface area contributed by atoms with Gasteiger partial charge in [0.1, 0.15) is 17.0 Å². The number of nitrogens with one attached hydrogen (secondary N) is 1. The van der Waals surface area contributed by atoms with E-state index in [2.05, 4.69) is 31.2 Å². The third-order valence-corrected chi connectivity index (χ3v) is 8.98. The molecule has 0 atom stereocenters. The number of halogens is 3. The molecule has 0 spiro atoms. The SMILES string of the molecule is Cc1c(CCN2CCOCC2)cccc1-n1cnc(-c2nc(NC3CCN(S(C)(=O)=O)CC3)ncc2C(F)(F)F)c1. The molecule has 14 heteroatoms. The summed E-state index contributed by atoms with van der Waals surface area (Å²) < 4.78 is 74.0. The number of rotatable bonds is 8. The third kappa shape index (κ3) is 7.05. The van der Waals surface area contributed by atoms with Crippen LogP contribution in [0.2, 0.25) is 0 Å². The molecule has 0 aliphatic carbocycles. The van der Waals surface area contributed by atoms with Crippen molar-refractivity contribution in [3.05, 3.63) is 53.6 Å². The van der Waals surface area contributed by atoms with Gasteiger partial charge in [0.15, 0.2) is 0 Å². The van der Waals surface area contributed by atoms with Crippen LogP contribution in [-0.4, -0.2) is 95.4 Å². The molecule has 5 rings (SSSR count). The number of benzene rings is 1. The van der Waals surface area contributed by atoms with Crippen LogP contribution in [0.15, 0.2) is 36.9 Å². The standard InChI is InChI=1S/C27H34F3N7O3S/c1-19-20(6-9-35-12-14-40-15-13-35)4-3-5-24(19)36-17-23(32-18-36)25-22(27(28,29)30)16-31-26(34-25)33-21-7-10-37(11-8-21)41(2,38)39/h3-5,16-18,21H,6-15H2,1-2H3,(H,31,33,34). The summed E-state index contributed by atoms with van der Waals surface area (Å²) in [5, 5.41) is 3.08. The van der Waals surface area contributed by atoms with Gasteiger partial charge in [0.25, 0.3) is 0 Å². The van der Waals surface area contributed by atoms with E-state index in [1.54, 1.807) is 10.8 Å². The normalized spacial score (nSPS) is 18.1. The molecule has 1 N–H and O–H groups in total. The summed E-state index contributed by atoms with van der Waals surface area (Å²) in [4.78, 5) is 14.8. The molecule has 222 valence electrons. The number of nitrogens with zero attached hydrogens (tertiary/aromatic N) is 6. The molecule has 2 aliphatic heterocycles. The number of morpholine rings is 1. The third-order valence-electron chi connectivity index (χ3n) is 7.67. The van der Waals surface area contributed by atoms with E-state index in [4.69, 9.17) is 4.74 Å². The Morgan fingerprint density at radius 3 is 2.51 bits per heavy atom. The molecule has 0 bridgehead atoms. The Bertz CT molecular complexity index is 1470. The van der Waals surface area contributed by atoms with E-state index < -0.39 is 21.8 Å². The van der Waals surface area contributed by atoms with Gasteiger partial charge in [-0.25, -0.2) is 27.7 Å². The van der Waals surface area contributed by atoms with Gasteiger partial charge < -0.3 is 14.6 Å². The maximum absolute atomic E-state index is 14.0. The number of anilines is 1. The molecule has 41 heavy (non-hydrogen) atoms. The number of aromatic nitrogens is 4. The highest BCUT2D eigenvalue weighted by atomic mass is 32.2. The maximum Gasteiger partial charge on any atom is 0.420 e. The number of hydrogen-bond acceptors (Lipinski definition) is 8. The molecule has 2 aromatic heterocycles. The number of piperidine rings is 1. The second-order valence-corrected chi connectivity index (χ2v) is 12.4.